The van der Waals surface area contributed by atoms with Crippen molar-refractivity contribution in [2.75, 3.05) is 26.2 Å². The van der Waals surface area contributed by atoms with Gasteiger partial charge in [0.1, 0.15) is 12.1 Å². The van der Waals surface area contributed by atoms with E-state index in [1.54, 1.807) is 31.2 Å². The van der Waals surface area contributed by atoms with Gasteiger partial charge in [-0.3, -0.25) is 38.5 Å². The number of carbonyl (C=O) groups excluding carboxylic acids is 6. The first kappa shape index (κ1) is 59.8. The van der Waals surface area contributed by atoms with Gasteiger partial charge < -0.3 is 52.1 Å². The number of carboxylic acid groups (broad SMARTS) is 2. The number of aryl methyl sites for hydroxylation is 3. The lowest BCUT2D eigenvalue weighted by Gasteiger charge is -2.24. The number of nitrogens with one attached hydrogen (secondary N) is 8. The maximum Gasteiger partial charge on any atom is 0.338 e. The second kappa shape index (κ2) is 26.8. The van der Waals surface area contributed by atoms with Crippen molar-refractivity contribution in [3.8, 4) is 0 Å². The second-order valence-electron chi connectivity index (χ2n) is 20.7. The quantitative estimate of drug-likeness (QED) is 0.0280. The Labute approximate surface area is 459 Å². The molecule has 2 aliphatic rings. The molecule has 5 heterocycles. The minimum Gasteiger partial charge on any atom is -0.481 e. The van der Waals surface area contributed by atoms with Gasteiger partial charge in [0.05, 0.1) is 47.7 Å². The number of carboxylic acids is 2. The van der Waals surface area contributed by atoms with Crippen molar-refractivity contribution in [1.82, 2.24) is 51.8 Å². The molecule has 8 bridgehead atoms. The van der Waals surface area contributed by atoms with Gasteiger partial charge in [-0.05, 0) is 111 Å². The third-order valence-electron chi connectivity index (χ3n) is 14.5. The monoisotopic (exact) mass is 1080 g/mol. The van der Waals surface area contributed by atoms with Gasteiger partial charge >= 0.3 is 11.9 Å². The van der Waals surface area contributed by atoms with Crippen LogP contribution in [-0.2, 0) is 52.8 Å². The molecule has 10 N–H and O–H groups in total. The maximum atomic E-state index is 13.7. The highest BCUT2D eigenvalue weighted by atomic mass is 16.4. The van der Waals surface area contributed by atoms with Crippen molar-refractivity contribution in [3.63, 3.8) is 0 Å². The van der Waals surface area contributed by atoms with E-state index in [0.29, 0.717) is 34.6 Å². The highest BCUT2D eigenvalue weighted by molar-refractivity contribution is 6.03. The molecule has 2 unspecified atom stereocenters. The number of aromatic amines is 2. The molecule has 6 amide bonds. The Morgan fingerprint density at radius 1 is 0.722 bits per heavy atom. The molecule has 79 heavy (non-hydrogen) atoms. The summed E-state index contributed by atoms with van der Waals surface area (Å²) < 4.78 is 0. The third kappa shape index (κ3) is 15.0. The molecular weight excluding hydrogens is 1010 g/mol. The maximum absolute atomic E-state index is 13.7. The van der Waals surface area contributed by atoms with Crippen LogP contribution in [0.5, 0.6) is 0 Å². The number of aromatic nitrogens is 4. The van der Waals surface area contributed by atoms with E-state index in [9.17, 15) is 48.6 Å². The minimum atomic E-state index is -1.24. The lowest BCUT2D eigenvalue weighted by Crippen LogP contribution is -2.56. The van der Waals surface area contributed by atoms with Crippen molar-refractivity contribution in [1.29, 1.82) is 0 Å². The Bertz CT molecular complexity index is 3250. The van der Waals surface area contributed by atoms with Crippen molar-refractivity contribution < 1.29 is 48.6 Å². The predicted octanol–water partition coefficient (Wildman–Crippen LogP) is 6.13. The predicted molar refractivity (Wildman–Crippen MR) is 302 cm³/mol. The van der Waals surface area contributed by atoms with Gasteiger partial charge in [0, 0.05) is 71.1 Å². The molecule has 20 heteroatoms. The summed E-state index contributed by atoms with van der Waals surface area (Å²) in [6.07, 6.45) is 1.35. The second-order valence-corrected chi connectivity index (χ2v) is 20.7. The molecule has 1 aromatic carbocycles. The standard InChI is InChI=1S/C59H74N10O10/c1-11-37-32(7)41-25-43-34(9)39(54(67-43)40(24-52(73)74)55-53(59(78)79)35(10)44(68-55)27-46-38(12-2)33(8)42(65-46)26-45(37)64-41)18-19-49(70)60-20-21-61-50(71)28-63-57(76)47(22-30(3)4)69-58(77)48(23-36-16-14-13-15-17-36)66-51(72)29-62-56(75)31(5)6/h13-17,25-27,30,34,39,47-48,65,68H,5,11-12,18-24,28-29H2,1-4,6-10H3,(H,60,70)(H,61,71)(H,62,75)(H,63,76)(H,66,72)(H,69,77)(H,73,74)(H,78,79)/t34?,39?,47-,48-/m0/s1. The van der Waals surface area contributed by atoms with E-state index in [1.165, 1.54) is 6.92 Å². The first-order valence-corrected chi connectivity index (χ1v) is 26.8. The molecule has 4 aromatic rings. The Balaban J connectivity index is 1.15. The number of H-pyrrole nitrogens is 2. The van der Waals surface area contributed by atoms with Gasteiger partial charge in [0.25, 0.3) is 0 Å². The molecular formula is C59H74N10O10. The van der Waals surface area contributed by atoms with E-state index < -0.39 is 79.0 Å². The number of fused-ring (bicyclic) bond motifs is 8. The van der Waals surface area contributed by atoms with Gasteiger partial charge in [0.15, 0.2) is 0 Å². The van der Waals surface area contributed by atoms with E-state index in [-0.39, 0.29) is 78.7 Å². The Morgan fingerprint density at radius 2 is 1.39 bits per heavy atom. The van der Waals surface area contributed by atoms with Gasteiger partial charge in [-0.1, -0.05) is 71.5 Å². The average molecular weight is 1080 g/mol. The van der Waals surface area contributed by atoms with E-state index in [2.05, 4.69) is 55.4 Å². The van der Waals surface area contributed by atoms with Gasteiger partial charge in [-0.15, -0.1) is 0 Å². The summed E-state index contributed by atoms with van der Waals surface area (Å²) in [7, 11) is 0. The van der Waals surface area contributed by atoms with Crippen molar-refractivity contribution in [2.45, 2.75) is 131 Å². The Kier molecular flexibility index (Phi) is 20.3. The van der Waals surface area contributed by atoms with Crippen LogP contribution in [0.3, 0.4) is 0 Å². The zero-order chi connectivity index (χ0) is 57.8. The first-order valence-electron chi connectivity index (χ1n) is 26.8. The van der Waals surface area contributed by atoms with E-state index in [4.69, 9.17) is 9.97 Å². The zero-order valence-corrected chi connectivity index (χ0v) is 46.5. The minimum absolute atomic E-state index is 0.00787. The van der Waals surface area contributed by atoms with Crippen molar-refractivity contribution >= 4 is 80.6 Å². The number of hydrogen-bond donors (Lipinski definition) is 10. The van der Waals surface area contributed by atoms with Crippen LogP contribution in [0.15, 0.2) is 60.7 Å². The molecule has 420 valence electrons. The number of hydrogen-bond acceptors (Lipinski definition) is 10. The van der Waals surface area contributed by atoms with Crippen LogP contribution in [0.25, 0.3) is 33.2 Å². The van der Waals surface area contributed by atoms with Crippen LogP contribution in [0, 0.1) is 19.8 Å². The fourth-order valence-electron chi connectivity index (χ4n) is 10.2. The zero-order valence-electron chi connectivity index (χ0n) is 46.5. The summed E-state index contributed by atoms with van der Waals surface area (Å²) in [5, 5.41) is 37.0. The normalized spacial score (nSPS) is 14.7. The number of aromatic carboxylic acids is 1. The molecule has 0 aliphatic carbocycles. The molecule has 0 fully saturated rings. The number of benzene rings is 1. The summed E-state index contributed by atoms with van der Waals surface area (Å²) in [5.74, 6) is -6.69. The number of nitrogens with zero attached hydrogens (tertiary/aromatic N) is 2. The van der Waals surface area contributed by atoms with Crippen LogP contribution < -0.4 is 31.9 Å². The molecule has 0 radical (unpaired) electrons. The summed E-state index contributed by atoms with van der Waals surface area (Å²) in [4.78, 5) is 121. The Morgan fingerprint density at radius 3 is 2.03 bits per heavy atom. The number of carbonyl (C=O) groups is 8. The van der Waals surface area contributed by atoms with Crippen LogP contribution in [0.4, 0.5) is 0 Å². The molecule has 4 atom stereocenters. The largest absolute Gasteiger partial charge is 0.481 e. The smallest absolute Gasteiger partial charge is 0.338 e. The van der Waals surface area contributed by atoms with E-state index in [0.717, 1.165) is 51.0 Å². The average Bonchev–Trinajstić information content (AvgIpc) is 4.32. The highest BCUT2D eigenvalue weighted by Gasteiger charge is 2.34. The van der Waals surface area contributed by atoms with Crippen LogP contribution in [0.1, 0.15) is 147 Å². The third-order valence-corrected chi connectivity index (χ3v) is 14.5. The summed E-state index contributed by atoms with van der Waals surface area (Å²) in [5.41, 5.74) is 10.4. The van der Waals surface area contributed by atoms with Crippen LogP contribution in [-0.4, -0.2) is 116 Å². The lowest BCUT2D eigenvalue weighted by molar-refractivity contribution is -0.136. The molecule has 3 aromatic heterocycles. The molecule has 0 spiro atoms. The lowest BCUT2D eigenvalue weighted by atomic mass is 9.84. The van der Waals surface area contributed by atoms with Gasteiger partial charge in [-0.2, -0.15) is 0 Å². The van der Waals surface area contributed by atoms with Gasteiger partial charge in [-0.25, -0.2) is 9.78 Å². The summed E-state index contributed by atoms with van der Waals surface area (Å²) in [6.45, 7) is 19.8. The number of rotatable bonds is 24. The molecule has 2 aliphatic heterocycles. The summed E-state index contributed by atoms with van der Waals surface area (Å²) >= 11 is 0. The van der Waals surface area contributed by atoms with Crippen molar-refractivity contribution in [2.24, 2.45) is 5.92 Å². The molecule has 6 rings (SSSR count). The van der Waals surface area contributed by atoms with Crippen molar-refractivity contribution in [3.05, 3.63) is 117 Å². The molecule has 0 saturated heterocycles. The SMILES string of the molecule is C=C(C)C(=O)NCC(=O)N[C@@H](Cc1ccccc1)C(=O)N[C@@H](CC(C)C)C(=O)NCC(=O)NCCNC(=O)CCC1c2nc(cc3nc(cc4[nH]c(cc5[nH]c(c2CC(=O)O)c(C(=O)O)c5C)c(CC)c4C)C(CC)=C3C)C1C. The molecule has 0 saturated carbocycles. The fraction of sp³-hybridized carbons (Fsp3) is 0.424. The topological polar surface area (TPSA) is 307 Å². The Hall–Kier alpha value is -8.42. The fourth-order valence-corrected chi connectivity index (χ4v) is 10.2. The van der Waals surface area contributed by atoms with Crippen LogP contribution >= 0.6 is 0 Å². The highest BCUT2D eigenvalue weighted by Crippen LogP contribution is 2.43. The van der Waals surface area contributed by atoms with Gasteiger partial charge in [0.2, 0.25) is 35.4 Å². The number of allylic oxidation sites excluding steroid dienone is 2. The summed E-state index contributed by atoms with van der Waals surface area (Å²) in [6, 6.07) is 12.6. The molecule has 20 nitrogen and oxygen atoms in total. The number of amides is 6. The first-order chi connectivity index (χ1) is 37.5. The van der Waals surface area contributed by atoms with E-state index >= 15 is 0 Å². The van der Waals surface area contributed by atoms with E-state index in [1.807, 2.05) is 65.8 Å². The van der Waals surface area contributed by atoms with Crippen LogP contribution in [0.2, 0.25) is 0 Å². The number of aliphatic carboxylic acids is 1.